The number of aliphatic hydroxyl groups excluding tert-OH is 1. The fraction of sp³-hybridized carbons (Fsp3) is 0.143. The van der Waals surface area contributed by atoms with Gasteiger partial charge in [0, 0.05) is 28.9 Å². The van der Waals surface area contributed by atoms with E-state index in [1.54, 1.807) is 36.4 Å². The topological polar surface area (TPSA) is 118 Å². The van der Waals surface area contributed by atoms with E-state index in [0.29, 0.717) is 16.8 Å². The Hall–Kier alpha value is -3.58. The van der Waals surface area contributed by atoms with Crippen LogP contribution in [0.4, 0.5) is 5.69 Å². The fourth-order valence-corrected chi connectivity index (χ4v) is 2.15. The second-order valence-electron chi connectivity index (χ2n) is 5.59. The van der Waals surface area contributed by atoms with Crippen LogP contribution in [0, 0.1) is 23.7 Å². The predicted octanol–water partition coefficient (Wildman–Crippen LogP) is 0.290. The van der Waals surface area contributed by atoms with Gasteiger partial charge in [0.1, 0.15) is 12.6 Å². The van der Waals surface area contributed by atoms with Crippen molar-refractivity contribution in [3.63, 3.8) is 0 Å². The third kappa shape index (κ3) is 6.02. The van der Waals surface area contributed by atoms with E-state index in [2.05, 4.69) is 29.0 Å². The Morgan fingerprint density at radius 3 is 2.30 bits per heavy atom. The monoisotopic (exact) mass is 361 g/mol. The lowest BCUT2D eigenvalue weighted by Crippen LogP contribution is -2.46. The molecule has 0 aliphatic carbocycles. The molecule has 27 heavy (non-hydrogen) atoms. The Balaban J connectivity index is 2.02. The number of rotatable bonds is 5. The molecule has 2 aromatic rings. The zero-order valence-electron chi connectivity index (χ0n) is 14.5. The molecule has 0 bridgehead atoms. The van der Waals surface area contributed by atoms with Gasteiger partial charge in [-0.1, -0.05) is 17.9 Å². The summed E-state index contributed by atoms with van der Waals surface area (Å²) in [6.45, 7) is -0.756. The SMILES string of the molecule is NC[C@H](NC(=O)c1ccc(C#CC#Cc2cccc(N)c2)cc1)C(=O)CO. The molecule has 0 heterocycles. The van der Waals surface area contributed by atoms with Crippen molar-refractivity contribution in [2.75, 3.05) is 18.9 Å². The molecule has 0 saturated heterocycles. The molecule has 0 aliphatic heterocycles. The van der Waals surface area contributed by atoms with Crippen LogP contribution in [0.15, 0.2) is 48.5 Å². The number of anilines is 1. The molecule has 0 fully saturated rings. The highest BCUT2D eigenvalue weighted by Gasteiger charge is 2.18. The van der Waals surface area contributed by atoms with Crippen molar-refractivity contribution in [3.05, 3.63) is 65.2 Å². The summed E-state index contributed by atoms with van der Waals surface area (Å²) < 4.78 is 0. The number of carbonyl (C=O) groups is 2. The van der Waals surface area contributed by atoms with Gasteiger partial charge in [-0.05, 0) is 54.3 Å². The Morgan fingerprint density at radius 2 is 1.70 bits per heavy atom. The summed E-state index contributed by atoms with van der Waals surface area (Å²) in [6, 6.07) is 12.8. The van der Waals surface area contributed by atoms with Crippen LogP contribution in [0.25, 0.3) is 0 Å². The van der Waals surface area contributed by atoms with Gasteiger partial charge in [0.25, 0.3) is 5.91 Å². The Bertz CT molecular complexity index is 944. The van der Waals surface area contributed by atoms with Gasteiger partial charge < -0.3 is 21.9 Å². The number of hydrogen-bond acceptors (Lipinski definition) is 5. The van der Waals surface area contributed by atoms with E-state index in [-0.39, 0.29) is 6.54 Å². The predicted molar refractivity (Wildman–Crippen MR) is 103 cm³/mol. The molecule has 6 nitrogen and oxygen atoms in total. The lowest BCUT2D eigenvalue weighted by atomic mass is 10.1. The molecule has 0 unspecified atom stereocenters. The molecule has 2 rings (SSSR count). The first-order chi connectivity index (χ1) is 13.0. The molecule has 2 aromatic carbocycles. The number of nitrogens with one attached hydrogen (secondary N) is 1. The highest BCUT2D eigenvalue weighted by molar-refractivity contribution is 5.98. The van der Waals surface area contributed by atoms with Gasteiger partial charge in [-0.2, -0.15) is 0 Å². The van der Waals surface area contributed by atoms with Gasteiger partial charge in [0.15, 0.2) is 5.78 Å². The number of carbonyl (C=O) groups excluding carboxylic acids is 2. The van der Waals surface area contributed by atoms with Crippen LogP contribution in [-0.4, -0.2) is 36.0 Å². The number of hydrogen-bond donors (Lipinski definition) is 4. The molecule has 0 aromatic heterocycles. The molecule has 0 saturated carbocycles. The van der Waals surface area contributed by atoms with Crippen molar-refractivity contribution >= 4 is 17.4 Å². The molecular weight excluding hydrogens is 342 g/mol. The van der Waals surface area contributed by atoms with Crippen molar-refractivity contribution in [3.8, 4) is 23.7 Å². The second kappa shape index (κ2) is 9.79. The van der Waals surface area contributed by atoms with Gasteiger partial charge in [-0.3, -0.25) is 9.59 Å². The van der Waals surface area contributed by atoms with Crippen molar-refractivity contribution in [2.45, 2.75) is 6.04 Å². The molecule has 0 spiro atoms. The van der Waals surface area contributed by atoms with Crippen LogP contribution < -0.4 is 16.8 Å². The van der Waals surface area contributed by atoms with Crippen LogP contribution >= 0.6 is 0 Å². The molecular formula is C21H19N3O3. The molecule has 6 heteroatoms. The summed E-state index contributed by atoms with van der Waals surface area (Å²) in [5.74, 6) is 10.3. The van der Waals surface area contributed by atoms with Gasteiger partial charge >= 0.3 is 0 Å². The van der Waals surface area contributed by atoms with Crippen LogP contribution in [0.2, 0.25) is 0 Å². The quantitative estimate of drug-likeness (QED) is 0.451. The minimum atomic E-state index is -0.913. The van der Waals surface area contributed by atoms with Crippen LogP contribution in [0.5, 0.6) is 0 Å². The molecule has 6 N–H and O–H groups in total. The largest absolute Gasteiger partial charge is 0.399 e. The van der Waals surface area contributed by atoms with E-state index in [4.69, 9.17) is 16.6 Å². The van der Waals surface area contributed by atoms with E-state index < -0.39 is 24.3 Å². The summed E-state index contributed by atoms with van der Waals surface area (Å²) in [4.78, 5) is 23.6. The minimum absolute atomic E-state index is 0.0829. The van der Waals surface area contributed by atoms with Gasteiger partial charge in [-0.15, -0.1) is 0 Å². The Labute approximate surface area is 157 Å². The highest BCUT2D eigenvalue weighted by Crippen LogP contribution is 2.05. The van der Waals surface area contributed by atoms with Gasteiger partial charge in [-0.25, -0.2) is 0 Å². The lowest BCUT2D eigenvalue weighted by molar-refractivity contribution is -0.123. The van der Waals surface area contributed by atoms with Gasteiger partial charge in [0.2, 0.25) is 0 Å². The lowest BCUT2D eigenvalue weighted by Gasteiger charge is -2.14. The van der Waals surface area contributed by atoms with Gasteiger partial charge in [0.05, 0.1) is 0 Å². The molecule has 136 valence electrons. The second-order valence-corrected chi connectivity index (χ2v) is 5.59. The third-order valence-corrected chi connectivity index (χ3v) is 3.60. The Kier molecular flexibility index (Phi) is 7.16. The summed E-state index contributed by atoms with van der Waals surface area (Å²) in [5.41, 5.74) is 13.6. The standard InChI is InChI=1S/C21H19N3O3/c22-13-19(20(26)14-25)24-21(27)17-10-8-15(9-11-17)4-1-2-5-16-6-3-7-18(23)12-16/h3,6-12,19,25H,13-14,22-23H2,(H,24,27)/t19-/m0/s1. The number of aliphatic hydroxyl groups is 1. The highest BCUT2D eigenvalue weighted by atomic mass is 16.3. The molecule has 1 amide bonds. The average Bonchev–Trinajstić information content (AvgIpc) is 2.69. The molecule has 0 aliphatic rings. The number of nitrogen functional groups attached to an aromatic ring is 1. The van der Waals surface area contributed by atoms with E-state index in [1.807, 2.05) is 12.1 Å². The summed E-state index contributed by atoms with van der Waals surface area (Å²) in [7, 11) is 0. The smallest absolute Gasteiger partial charge is 0.251 e. The third-order valence-electron chi connectivity index (χ3n) is 3.60. The van der Waals surface area contributed by atoms with E-state index in [0.717, 1.165) is 5.56 Å². The zero-order valence-corrected chi connectivity index (χ0v) is 14.5. The maximum absolute atomic E-state index is 12.1. The number of benzene rings is 2. The summed E-state index contributed by atoms with van der Waals surface area (Å²) in [5, 5.41) is 11.3. The molecule has 0 radical (unpaired) electrons. The number of Topliss-reactive ketones (excluding diaryl/α,β-unsaturated/α-hetero) is 1. The zero-order chi connectivity index (χ0) is 19.6. The first-order valence-corrected chi connectivity index (χ1v) is 8.15. The number of ketones is 1. The van der Waals surface area contributed by atoms with Crippen molar-refractivity contribution in [1.29, 1.82) is 0 Å². The van der Waals surface area contributed by atoms with Crippen LogP contribution in [0.1, 0.15) is 21.5 Å². The summed E-state index contributed by atoms with van der Waals surface area (Å²) in [6.07, 6.45) is 0. The van der Waals surface area contributed by atoms with E-state index >= 15 is 0 Å². The van der Waals surface area contributed by atoms with Crippen LogP contribution in [0.3, 0.4) is 0 Å². The maximum Gasteiger partial charge on any atom is 0.251 e. The first-order valence-electron chi connectivity index (χ1n) is 8.15. The fourth-order valence-electron chi connectivity index (χ4n) is 2.15. The van der Waals surface area contributed by atoms with Crippen molar-refractivity contribution in [1.82, 2.24) is 5.32 Å². The minimum Gasteiger partial charge on any atom is -0.399 e. The van der Waals surface area contributed by atoms with Crippen molar-refractivity contribution < 1.29 is 14.7 Å². The molecule has 1 atom stereocenters. The summed E-state index contributed by atoms with van der Waals surface area (Å²) >= 11 is 0. The average molecular weight is 361 g/mol. The maximum atomic E-state index is 12.1. The van der Waals surface area contributed by atoms with Crippen molar-refractivity contribution in [2.24, 2.45) is 5.73 Å². The van der Waals surface area contributed by atoms with Crippen LogP contribution in [-0.2, 0) is 4.79 Å². The first kappa shape index (κ1) is 19.7. The Morgan fingerprint density at radius 1 is 1.04 bits per heavy atom. The number of nitrogens with two attached hydrogens (primary N) is 2. The van der Waals surface area contributed by atoms with E-state index in [9.17, 15) is 9.59 Å². The van der Waals surface area contributed by atoms with E-state index in [1.165, 1.54) is 0 Å². The number of amides is 1. The normalized spacial score (nSPS) is 10.6.